The summed E-state index contributed by atoms with van der Waals surface area (Å²) < 4.78 is 27.6. The van der Waals surface area contributed by atoms with Crippen molar-refractivity contribution < 1.29 is 8.42 Å². The molecule has 2 heterocycles. The average Bonchev–Trinajstić information content (AvgIpc) is 2.95. The summed E-state index contributed by atoms with van der Waals surface area (Å²) in [6.07, 6.45) is 0.912. The zero-order chi connectivity index (χ0) is 15.0. The second-order valence-electron chi connectivity index (χ2n) is 5.39. The molecule has 1 atom stereocenters. The van der Waals surface area contributed by atoms with Gasteiger partial charge in [-0.15, -0.1) is 11.3 Å². The van der Waals surface area contributed by atoms with E-state index in [-0.39, 0.29) is 6.54 Å². The van der Waals surface area contributed by atoms with Gasteiger partial charge in [0.05, 0.1) is 5.69 Å². The molecule has 0 amide bonds. The molecule has 0 spiro atoms. The van der Waals surface area contributed by atoms with Crippen molar-refractivity contribution in [3.8, 4) is 0 Å². The lowest BCUT2D eigenvalue weighted by molar-refractivity contribution is 0.544. The molecule has 0 radical (unpaired) electrons. The van der Waals surface area contributed by atoms with Crippen molar-refractivity contribution in [3.05, 3.63) is 46.2 Å². The standard InChI is InChI=1S/C15H18N2O2S2/c1-11-8-12-4-2-3-5-13(12)17(10-11)21(18,19)15-6-7-20-14(15)9-16/h2-7,11H,8-10,16H2,1H3. The molecular weight excluding hydrogens is 304 g/mol. The topological polar surface area (TPSA) is 63.4 Å². The van der Waals surface area contributed by atoms with Gasteiger partial charge in [-0.2, -0.15) is 0 Å². The summed E-state index contributed by atoms with van der Waals surface area (Å²) in [5, 5.41) is 1.79. The van der Waals surface area contributed by atoms with E-state index in [9.17, 15) is 8.42 Å². The van der Waals surface area contributed by atoms with Gasteiger partial charge in [0.1, 0.15) is 4.90 Å². The molecule has 0 bridgehead atoms. The molecule has 1 aliphatic rings. The Morgan fingerprint density at radius 2 is 2.10 bits per heavy atom. The fourth-order valence-electron chi connectivity index (χ4n) is 2.80. The van der Waals surface area contributed by atoms with E-state index in [0.29, 0.717) is 22.2 Å². The highest BCUT2D eigenvalue weighted by Crippen LogP contribution is 2.35. The van der Waals surface area contributed by atoms with E-state index < -0.39 is 10.0 Å². The molecule has 6 heteroatoms. The molecule has 0 saturated carbocycles. The first-order chi connectivity index (χ1) is 10.0. The molecule has 1 unspecified atom stereocenters. The maximum absolute atomic E-state index is 13.0. The van der Waals surface area contributed by atoms with Gasteiger partial charge in [0.2, 0.25) is 0 Å². The second-order valence-corrected chi connectivity index (χ2v) is 8.22. The normalized spacial score (nSPS) is 18.6. The van der Waals surface area contributed by atoms with E-state index in [2.05, 4.69) is 6.92 Å². The van der Waals surface area contributed by atoms with Crippen LogP contribution in [0.1, 0.15) is 17.4 Å². The molecule has 3 rings (SSSR count). The first kappa shape index (κ1) is 14.6. The van der Waals surface area contributed by atoms with Crippen LogP contribution < -0.4 is 10.0 Å². The fourth-order valence-corrected chi connectivity index (χ4v) is 5.73. The zero-order valence-electron chi connectivity index (χ0n) is 11.8. The molecule has 2 N–H and O–H groups in total. The number of thiophene rings is 1. The Morgan fingerprint density at radius 1 is 1.33 bits per heavy atom. The highest BCUT2D eigenvalue weighted by molar-refractivity contribution is 7.93. The number of benzene rings is 1. The fraction of sp³-hybridized carbons (Fsp3) is 0.333. The third kappa shape index (κ3) is 2.47. The van der Waals surface area contributed by atoms with Gasteiger partial charge >= 0.3 is 0 Å². The van der Waals surface area contributed by atoms with E-state index in [1.807, 2.05) is 24.3 Å². The highest BCUT2D eigenvalue weighted by Gasteiger charge is 2.33. The molecule has 1 aromatic heterocycles. The van der Waals surface area contributed by atoms with Gasteiger partial charge in [-0.05, 0) is 35.4 Å². The van der Waals surface area contributed by atoms with Crippen molar-refractivity contribution in [2.24, 2.45) is 11.7 Å². The van der Waals surface area contributed by atoms with Crippen LogP contribution in [0, 0.1) is 5.92 Å². The van der Waals surface area contributed by atoms with Crippen LogP contribution in [0.2, 0.25) is 0 Å². The molecule has 112 valence electrons. The van der Waals surface area contributed by atoms with Crippen LogP contribution in [0.3, 0.4) is 0 Å². The molecule has 0 aliphatic carbocycles. The number of anilines is 1. The van der Waals surface area contributed by atoms with Crippen LogP contribution in [-0.4, -0.2) is 15.0 Å². The molecule has 2 aromatic rings. The molecule has 0 fully saturated rings. The zero-order valence-corrected chi connectivity index (χ0v) is 13.5. The van der Waals surface area contributed by atoms with E-state index in [0.717, 1.165) is 17.7 Å². The minimum atomic E-state index is -3.54. The molecule has 1 aromatic carbocycles. The number of sulfonamides is 1. The van der Waals surface area contributed by atoms with Crippen molar-refractivity contribution in [2.75, 3.05) is 10.8 Å². The van der Waals surface area contributed by atoms with E-state index in [1.54, 1.807) is 11.4 Å². The quantitative estimate of drug-likeness (QED) is 0.945. The van der Waals surface area contributed by atoms with Crippen LogP contribution in [-0.2, 0) is 23.0 Å². The van der Waals surface area contributed by atoms with Gasteiger partial charge in [-0.3, -0.25) is 4.31 Å². The Kier molecular flexibility index (Phi) is 3.77. The SMILES string of the molecule is CC1Cc2ccccc2N(S(=O)(=O)c2ccsc2CN)C1. The summed E-state index contributed by atoms with van der Waals surface area (Å²) in [6.45, 7) is 2.84. The highest BCUT2D eigenvalue weighted by atomic mass is 32.2. The summed E-state index contributed by atoms with van der Waals surface area (Å²) >= 11 is 1.39. The molecular formula is C15H18N2O2S2. The van der Waals surface area contributed by atoms with Crippen molar-refractivity contribution in [2.45, 2.75) is 24.8 Å². The lowest BCUT2D eigenvalue weighted by atomic mass is 9.96. The van der Waals surface area contributed by atoms with E-state index in [1.165, 1.54) is 15.6 Å². The van der Waals surface area contributed by atoms with Crippen LogP contribution in [0.5, 0.6) is 0 Å². The Hall–Kier alpha value is -1.37. The van der Waals surface area contributed by atoms with Gasteiger partial charge in [0, 0.05) is 18.0 Å². The number of para-hydroxylation sites is 1. The number of hydrogen-bond acceptors (Lipinski definition) is 4. The van der Waals surface area contributed by atoms with Gasteiger partial charge < -0.3 is 5.73 Å². The lowest BCUT2D eigenvalue weighted by Gasteiger charge is -2.33. The minimum absolute atomic E-state index is 0.247. The van der Waals surface area contributed by atoms with E-state index in [4.69, 9.17) is 5.73 Å². The Labute approximate surface area is 129 Å². The molecule has 4 nitrogen and oxygen atoms in total. The third-order valence-electron chi connectivity index (χ3n) is 3.76. The number of nitrogens with zero attached hydrogens (tertiary/aromatic N) is 1. The van der Waals surface area contributed by atoms with Gasteiger partial charge in [0.15, 0.2) is 0 Å². The molecule has 1 aliphatic heterocycles. The first-order valence-corrected chi connectivity index (χ1v) is 9.23. The summed E-state index contributed by atoms with van der Waals surface area (Å²) in [4.78, 5) is 1.06. The third-order valence-corrected chi connectivity index (χ3v) is 6.70. The predicted molar refractivity (Wildman–Crippen MR) is 86.1 cm³/mol. The van der Waals surface area contributed by atoms with Crippen LogP contribution in [0.25, 0.3) is 0 Å². The Balaban J connectivity index is 2.12. The number of nitrogens with two attached hydrogens (primary N) is 1. The second kappa shape index (κ2) is 5.44. The number of rotatable bonds is 3. The summed E-state index contributed by atoms with van der Waals surface area (Å²) in [5.41, 5.74) is 7.55. The maximum atomic E-state index is 13.0. The lowest BCUT2D eigenvalue weighted by Crippen LogP contribution is -2.39. The number of hydrogen-bond donors (Lipinski definition) is 1. The predicted octanol–water partition coefficient (Wildman–Crippen LogP) is 2.59. The van der Waals surface area contributed by atoms with Gasteiger partial charge in [-0.1, -0.05) is 25.1 Å². The Bertz CT molecular complexity index is 753. The summed E-state index contributed by atoms with van der Waals surface area (Å²) in [6, 6.07) is 9.38. The number of fused-ring (bicyclic) bond motifs is 1. The largest absolute Gasteiger partial charge is 0.326 e. The summed E-state index contributed by atoms with van der Waals surface area (Å²) in [7, 11) is -3.54. The van der Waals surface area contributed by atoms with Gasteiger partial charge in [0.25, 0.3) is 10.0 Å². The first-order valence-electron chi connectivity index (χ1n) is 6.91. The van der Waals surface area contributed by atoms with Crippen LogP contribution >= 0.6 is 11.3 Å². The Morgan fingerprint density at radius 3 is 2.86 bits per heavy atom. The smallest absolute Gasteiger partial charge is 0.265 e. The van der Waals surface area contributed by atoms with Crippen molar-refractivity contribution in [1.82, 2.24) is 0 Å². The summed E-state index contributed by atoms with van der Waals surface area (Å²) in [5.74, 6) is 0.301. The van der Waals surface area contributed by atoms with Crippen LogP contribution in [0.4, 0.5) is 5.69 Å². The van der Waals surface area contributed by atoms with Gasteiger partial charge in [-0.25, -0.2) is 8.42 Å². The van der Waals surface area contributed by atoms with E-state index >= 15 is 0 Å². The molecule has 0 saturated heterocycles. The van der Waals surface area contributed by atoms with Crippen molar-refractivity contribution >= 4 is 27.0 Å². The average molecular weight is 322 g/mol. The monoisotopic (exact) mass is 322 g/mol. The van der Waals surface area contributed by atoms with Crippen LogP contribution in [0.15, 0.2) is 40.6 Å². The van der Waals surface area contributed by atoms with Crippen molar-refractivity contribution in [3.63, 3.8) is 0 Å². The maximum Gasteiger partial charge on any atom is 0.265 e. The van der Waals surface area contributed by atoms with Crippen molar-refractivity contribution in [1.29, 1.82) is 0 Å². The molecule has 21 heavy (non-hydrogen) atoms. The minimum Gasteiger partial charge on any atom is -0.326 e.